The van der Waals surface area contributed by atoms with Gasteiger partial charge < -0.3 is 10.2 Å². The number of benzene rings is 1. The van der Waals surface area contributed by atoms with Gasteiger partial charge in [0.2, 0.25) is 6.43 Å². The number of nitrogens with zero attached hydrogens (tertiary/aromatic N) is 1. The molecule has 1 aromatic rings. The van der Waals surface area contributed by atoms with Gasteiger partial charge in [-0.05, 0) is 25.3 Å². The van der Waals surface area contributed by atoms with Crippen LogP contribution in [0.15, 0.2) is 41.8 Å². The number of rotatable bonds is 5. The Bertz CT molecular complexity index is 738. The second-order valence-corrected chi connectivity index (χ2v) is 8.57. The maximum absolute atomic E-state index is 13.2. The largest absolute Gasteiger partial charge is 0.332 e. The van der Waals surface area contributed by atoms with Gasteiger partial charge in [0, 0.05) is 30.2 Å². The van der Waals surface area contributed by atoms with E-state index in [-0.39, 0.29) is 19.4 Å². The van der Waals surface area contributed by atoms with Gasteiger partial charge in [-0.1, -0.05) is 36.4 Å². The number of likely N-dealkylation sites (tertiary alicyclic amines) is 1. The lowest BCUT2D eigenvalue weighted by Gasteiger charge is -2.40. The first-order chi connectivity index (χ1) is 12.2. The maximum atomic E-state index is 13.2. The van der Waals surface area contributed by atoms with Crippen molar-refractivity contribution < 1.29 is 22.0 Å². The zero-order valence-electron chi connectivity index (χ0n) is 14.8. The number of piperidine rings is 1. The van der Waals surface area contributed by atoms with Crippen molar-refractivity contribution in [1.29, 1.82) is 0 Å². The Hall–Kier alpha value is -1.96. The van der Waals surface area contributed by atoms with Gasteiger partial charge in [-0.2, -0.15) is 0 Å². The van der Waals surface area contributed by atoms with Gasteiger partial charge >= 0.3 is 6.03 Å². The summed E-state index contributed by atoms with van der Waals surface area (Å²) in [4.78, 5) is 14.2. The van der Waals surface area contributed by atoms with Crippen LogP contribution in [0, 0.1) is 5.92 Å². The Morgan fingerprint density at radius 2 is 1.96 bits per heavy atom. The van der Waals surface area contributed by atoms with Crippen LogP contribution >= 0.6 is 0 Å². The van der Waals surface area contributed by atoms with Gasteiger partial charge in [0.25, 0.3) is 0 Å². The van der Waals surface area contributed by atoms with Crippen LogP contribution in [0.5, 0.6) is 0 Å². The number of carbonyl (C=O) groups excluding carboxylic acids is 1. The van der Waals surface area contributed by atoms with E-state index in [1.807, 2.05) is 30.3 Å². The molecule has 0 saturated carbocycles. The predicted octanol–water partition coefficient (Wildman–Crippen LogP) is 3.36. The molecule has 0 spiro atoms. The van der Waals surface area contributed by atoms with E-state index in [1.54, 1.807) is 11.8 Å². The van der Waals surface area contributed by atoms with E-state index < -0.39 is 40.3 Å². The third-order valence-corrected chi connectivity index (χ3v) is 5.06. The van der Waals surface area contributed by atoms with Gasteiger partial charge in [-0.3, -0.25) is 0 Å². The molecule has 1 N–H and O–H groups in total. The number of hydrogen-bond donors (Lipinski definition) is 1. The summed E-state index contributed by atoms with van der Waals surface area (Å²) < 4.78 is 48.7. The van der Waals surface area contributed by atoms with Crippen molar-refractivity contribution in [3.63, 3.8) is 0 Å². The first-order valence-corrected chi connectivity index (χ1v) is 10.4. The molecule has 1 aliphatic heterocycles. The number of amides is 2. The van der Waals surface area contributed by atoms with Crippen molar-refractivity contribution in [2.75, 3.05) is 12.8 Å². The molecule has 2 amide bonds. The lowest BCUT2D eigenvalue weighted by molar-refractivity contribution is 0.0216. The van der Waals surface area contributed by atoms with Crippen molar-refractivity contribution in [1.82, 2.24) is 10.2 Å². The highest BCUT2D eigenvalue weighted by molar-refractivity contribution is 7.93. The number of nitrogens with one attached hydrogen (secondary N) is 1. The maximum Gasteiger partial charge on any atom is 0.318 e. The monoisotopic (exact) mass is 386 g/mol. The highest BCUT2D eigenvalue weighted by Gasteiger charge is 2.36. The van der Waals surface area contributed by atoms with Crippen LogP contribution in [0.2, 0.25) is 0 Å². The van der Waals surface area contributed by atoms with Gasteiger partial charge in [0.1, 0.15) is 0 Å². The quantitative estimate of drug-likeness (QED) is 0.844. The van der Waals surface area contributed by atoms with Crippen LogP contribution in [0.1, 0.15) is 31.4 Å². The second-order valence-electron chi connectivity index (χ2n) is 6.64. The Labute approximate surface area is 153 Å². The van der Waals surface area contributed by atoms with Crippen LogP contribution in [-0.2, 0) is 9.84 Å². The summed E-state index contributed by atoms with van der Waals surface area (Å²) in [5.74, 6) is -0.744. The Morgan fingerprint density at radius 3 is 2.54 bits per heavy atom. The van der Waals surface area contributed by atoms with Gasteiger partial charge in [0.05, 0.1) is 6.04 Å². The fourth-order valence-electron chi connectivity index (χ4n) is 3.04. The molecule has 0 bridgehead atoms. The van der Waals surface area contributed by atoms with Crippen LogP contribution < -0.4 is 5.32 Å². The van der Waals surface area contributed by atoms with Crippen molar-refractivity contribution in [3.8, 4) is 0 Å². The van der Waals surface area contributed by atoms with Crippen LogP contribution in [0.3, 0.4) is 0 Å². The zero-order valence-corrected chi connectivity index (χ0v) is 15.6. The molecule has 2 rings (SSSR count). The van der Waals surface area contributed by atoms with E-state index >= 15 is 0 Å². The van der Waals surface area contributed by atoms with E-state index in [0.717, 1.165) is 17.2 Å². The first-order valence-electron chi connectivity index (χ1n) is 8.46. The van der Waals surface area contributed by atoms with Crippen molar-refractivity contribution in [3.05, 3.63) is 47.4 Å². The summed E-state index contributed by atoms with van der Waals surface area (Å²) in [6.45, 7) is 1.88. The minimum Gasteiger partial charge on any atom is -0.332 e. The van der Waals surface area contributed by atoms with Crippen LogP contribution in [0.25, 0.3) is 0 Å². The minimum absolute atomic E-state index is 0.197. The highest BCUT2D eigenvalue weighted by Crippen LogP contribution is 2.36. The first kappa shape index (κ1) is 20.4. The fraction of sp³-hybridized carbons (Fsp3) is 0.500. The third-order valence-electron chi connectivity index (χ3n) is 4.41. The third kappa shape index (κ3) is 5.79. The molecule has 144 valence electrons. The number of carbonyl (C=O) groups is 1. The Balaban J connectivity index is 2.14. The molecule has 1 fully saturated rings. The van der Waals surface area contributed by atoms with E-state index in [2.05, 4.69) is 5.32 Å². The molecule has 1 heterocycles. The van der Waals surface area contributed by atoms with E-state index in [0.29, 0.717) is 0 Å². The van der Waals surface area contributed by atoms with E-state index in [4.69, 9.17) is 0 Å². The summed E-state index contributed by atoms with van der Waals surface area (Å²) >= 11 is 0. The molecule has 0 aliphatic carbocycles. The lowest BCUT2D eigenvalue weighted by Crippen LogP contribution is -2.49. The van der Waals surface area contributed by atoms with E-state index in [9.17, 15) is 22.0 Å². The molecule has 8 heteroatoms. The summed E-state index contributed by atoms with van der Waals surface area (Å²) in [7, 11) is -3.28. The van der Waals surface area contributed by atoms with Gasteiger partial charge in [-0.15, -0.1) is 0 Å². The van der Waals surface area contributed by atoms with Crippen LogP contribution in [0.4, 0.5) is 13.6 Å². The molecule has 26 heavy (non-hydrogen) atoms. The summed E-state index contributed by atoms with van der Waals surface area (Å²) in [6, 6.07) is 7.79. The molecule has 1 saturated heterocycles. The summed E-state index contributed by atoms with van der Waals surface area (Å²) in [5, 5.41) is 3.75. The SMILES string of the molecule is C[C@@H](/C=C/S(C)(=O)=O)NC(=O)N1CC[C@@H](C(F)F)C[C@H]1c1ccccc1. The highest BCUT2D eigenvalue weighted by atomic mass is 32.2. The van der Waals surface area contributed by atoms with Crippen molar-refractivity contribution in [2.45, 2.75) is 38.3 Å². The average molecular weight is 386 g/mol. The normalized spacial score (nSPS) is 22.6. The van der Waals surface area contributed by atoms with Gasteiger partial charge in [-0.25, -0.2) is 22.0 Å². The molecule has 1 aliphatic rings. The molecule has 1 aromatic carbocycles. The lowest BCUT2D eigenvalue weighted by atomic mass is 9.87. The average Bonchev–Trinajstić information content (AvgIpc) is 2.59. The molecule has 0 aromatic heterocycles. The van der Waals surface area contributed by atoms with E-state index in [1.165, 1.54) is 6.08 Å². The minimum atomic E-state index is -3.28. The topological polar surface area (TPSA) is 66.5 Å². The molecule has 0 unspecified atom stereocenters. The summed E-state index contributed by atoms with van der Waals surface area (Å²) in [6.07, 6.45) is 0.475. The smallest absolute Gasteiger partial charge is 0.318 e. The Morgan fingerprint density at radius 1 is 1.31 bits per heavy atom. The molecule has 0 radical (unpaired) electrons. The molecular weight excluding hydrogens is 362 g/mol. The zero-order chi connectivity index (χ0) is 19.3. The number of halogens is 2. The van der Waals surface area contributed by atoms with Crippen molar-refractivity contribution in [2.24, 2.45) is 5.92 Å². The number of hydrogen-bond acceptors (Lipinski definition) is 3. The molecular formula is C18H24F2N2O3S. The Kier molecular flexibility index (Phi) is 6.75. The van der Waals surface area contributed by atoms with Crippen molar-refractivity contribution >= 4 is 15.9 Å². The predicted molar refractivity (Wildman–Crippen MR) is 96.6 cm³/mol. The standard InChI is InChI=1S/C18H24F2N2O3S/c1-13(9-11-26(2,24)25)21-18(23)22-10-8-15(17(19)20)12-16(22)14-6-4-3-5-7-14/h3-7,9,11,13,15-17H,8,10,12H2,1-2H3,(H,21,23)/b11-9+/t13-,15+,16-/m0/s1. The summed E-state index contributed by atoms with van der Waals surface area (Å²) in [5.41, 5.74) is 0.812. The number of alkyl halides is 2. The number of urea groups is 1. The number of sulfone groups is 1. The second kappa shape index (κ2) is 8.62. The fourth-order valence-corrected chi connectivity index (χ4v) is 3.56. The van der Waals surface area contributed by atoms with Gasteiger partial charge in [0.15, 0.2) is 9.84 Å². The molecule has 5 nitrogen and oxygen atoms in total. The molecule has 3 atom stereocenters. The van der Waals surface area contributed by atoms with Crippen LogP contribution in [-0.4, -0.2) is 44.6 Å².